The largest absolute Gasteiger partial charge is 0.457 e. The summed E-state index contributed by atoms with van der Waals surface area (Å²) in [5.41, 5.74) is 4.72. The number of nitrogens with zero attached hydrogens (tertiary/aromatic N) is 1. The number of rotatable bonds is 6. The molecule has 0 atom stereocenters. The van der Waals surface area contributed by atoms with Gasteiger partial charge in [0.1, 0.15) is 23.0 Å². The van der Waals surface area contributed by atoms with E-state index in [4.69, 9.17) is 9.47 Å². The summed E-state index contributed by atoms with van der Waals surface area (Å²) < 4.78 is 12.3. The quantitative estimate of drug-likeness (QED) is 0.394. The molecule has 0 unspecified atom stereocenters. The Balaban J connectivity index is 1.71. The van der Waals surface area contributed by atoms with Crippen LogP contribution in [0.4, 0.5) is 0 Å². The lowest BCUT2D eigenvalue weighted by Crippen LogP contribution is -2.17. The monoisotopic (exact) mass is 424 g/mol. The van der Waals surface area contributed by atoms with Crippen LogP contribution < -0.4 is 14.8 Å². The molecule has 1 heterocycles. The number of ether oxygens (including phenoxy) is 2. The van der Waals surface area contributed by atoms with Gasteiger partial charge in [0.25, 0.3) is 5.91 Å². The van der Waals surface area contributed by atoms with Crippen LogP contribution in [-0.2, 0) is 0 Å². The topological polar surface area (TPSA) is 60.5 Å². The minimum atomic E-state index is -0.156. The molecule has 0 fully saturated rings. The molecule has 5 heteroatoms. The number of aryl methyl sites for hydroxylation is 2. The molecule has 1 N–H and O–H groups in total. The highest BCUT2D eigenvalue weighted by Crippen LogP contribution is 2.38. The van der Waals surface area contributed by atoms with E-state index in [0.717, 1.165) is 33.8 Å². The van der Waals surface area contributed by atoms with Gasteiger partial charge in [-0.05, 0) is 79.6 Å². The van der Waals surface area contributed by atoms with E-state index in [1.54, 1.807) is 31.6 Å². The van der Waals surface area contributed by atoms with E-state index in [2.05, 4.69) is 23.3 Å². The number of carbonyl (C=O) groups excluding carboxylic acids is 1. The lowest BCUT2D eigenvalue weighted by atomic mass is 9.97. The molecular weight excluding hydrogens is 400 g/mol. The zero-order valence-electron chi connectivity index (χ0n) is 18.3. The van der Waals surface area contributed by atoms with Crippen molar-refractivity contribution in [1.82, 2.24) is 10.3 Å². The van der Waals surface area contributed by atoms with Gasteiger partial charge >= 0.3 is 0 Å². The molecule has 4 aromatic rings. The predicted molar refractivity (Wildman–Crippen MR) is 126 cm³/mol. The summed E-state index contributed by atoms with van der Waals surface area (Å²) in [5.74, 6) is 2.59. The molecule has 0 aliphatic heterocycles. The van der Waals surface area contributed by atoms with Gasteiger partial charge in [-0.15, -0.1) is 0 Å². The summed E-state index contributed by atoms with van der Waals surface area (Å²) in [6.45, 7) is 4.11. The van der Waals surface area contributed by atoms with E-state index >= 15 is 0 Å². The summed E-state index contributed by atoms with van der Waals surface area (Å²) in [5, 5.41) is 2.64. The Kier molecular flexibility index (Phi) is 6.17. The number of amides is 1. The van der Waals surface area contributed by atoms with Crippen LogP contribution >= 0.6 is 0 Å². The van der Waals surface area contributed by atoms with Crippen molar-refractivity contribution in [3.63, 3.8) is 0 Å². The molecule has 0 bridgehead atoms. The number of hydrogen-bond donors (Lipinski definition) is 1. The Labute approximate surface area is 187 Å². The van der Waals surface area contributed by atoms with Gasteiger partial charge in [-0.25, -0.2) is 0 Å². The molecule has 0 aliphatic carbocycles. The lowest BCUT2D eigenvalue weighted by molar-refractivity contribution is 0.0963. The zero-order valence-corrected chi connectivity index (χ0v) is 18.3. The first-order valence-electron chi connectivity index (χ1n) is 10.3. The van der Waals surface area contributed by atoms with Crippen molar-refractivity contribution in [2.75, 3.05) is 7.05 Å². The fraction of sp³-hybridized carbons (Fsp3) is 0.111. The first-order valence-corrected chi connectivity index (χ1v) is 10.3. The Hall–Kier alpha value is -4.12. The highest BCUT2D eigenvalue weighted by atomic mass is 16.5. The summed E-state index contributed by atoms with van der Waals surface area (Å²) >= 11 is 0. The predicted octanol–water partition coefficient (Wildman–Crippen LogP) is 6.31. The van der Waals surface area contributed by atoms with Crippen LogP contribution in [0, 0.1) is 13.8 Å². The van der Waals surface area contributed by atoms with Crippen LogP contribution in [0.1, 0.15) is 21.5 Å². The molecular formula is C27H24N2O3. The Morgan fingerprint density at radius 3 is 2.34 bits per heavy atom. The van der Waals surface area contributed by atoms with Crippen LogP contribution in [0.5, 0.6) is 23.0 Å². The van der Waals surface area contributed by atoms with Gasteiger partial charge in [0.2, 0.25) is 0 Å². The van der Waals surface area contributed by atoms with Gasteiger partial charge in [0.05, 0.1) is 0 Å². The van der Waals surface area contributed by atoms with Crippen LogP contribution in [0.25, 0.3) is 11.1 Å². The van der Waals surface area contributed by atoms with Crippen molar-refractivity contribution in [2.45, 2.75) is 13.8 Å². The molecule has 0 saturated heterocycles. The molecule has 0 aliphatic rings. The third kappa shape index (κ3) is 4.78. The van der Waals surface area contributed by atoms with Gasteiger partial charge < -0.3 is 14.8 Å². The second-order valence-electron chi connectivity index (χ2n) is 7.47. The van der Waals surface area contributed by atoms with Gasteiger partial charge in [-0.2, -0.15) is 0 Å². The number of hydrogen-bond acceptors (Lipinski definition) is 4. The van der Waals surface area contributed by atoms with Gasteiger partial charge in [-0.3, -0.25) is 9.78 Å². The molecule has 5 nitrogen and oxygen atoms in total. The molecule has 160 valence electrons. The fourth-order valence-electron chi connectivity index (χ4n) is 3.41. The molecule has 32 heavy (non-hydrogen) atoms. The summed E-state index contributed by atoms with van der Waals surface area (Å²) in [6, 6.07) is 22.8. The molecule has 1 amide bonds. The van der Waals surface area contributed by atoms with Gasteiger partial charge in [0, 0.05) is 30.6 Å². The van der Waals surface area contributed by atoms with E-state index in [9.17, 15) is 4.79 Å². The van der Waals surface area contributed by atoms with Crippen LogP contribution in [0.3, 0.4) is 0 Å². The van der Waals surface area contributed by atoms with Crippen LogP contribution in [-0.4, -0.2) is 17.9 Å². The second-order valence-corrected chi connectivity index (χ2v) is 7.47. The van der Waals surface area contributed by atoms with Gasteiger partial charge in [-0.1, -0.05) is 23.8 Å². The fourth-order valence-corrected chi connectivity index (χ4v) is 3.41. The first kappa shape index (κ1) is 21.1. The van der Waals surface area contributed by atoms with Crippen molar-refractivity contribution in [3.05, 3.63) is 102 Å². The maximum atomic E-state index is 12.0. The summed E-state index contributed by atoms with van der Waals surface area (Å²) in [6.07, 6.45) is 3.40. The third-order valence-electron chi connectivity index (χ3n) is 5.07. The number of pyridine rings is 1. The van der Waals surface area contributed by atoms with E-state index in [1.807, 2.05) is 61.5 Å². The third-order valence-corrected chi connectivity index (χ3v) is 5.07. The SMILES string of the molecule is CNC(=O)c1cccc(Oc2ccc(C)cc2-c2cc(Oc3ccncc3)ccc2C)c1. The van der Waals surface area contributed by atoms with Crippen LogP contribution in [0.15, 0.2) is 85.2 Å². The second kappa shape index (κ2) is 9.35. The van der Waals surface area contributed by atoms with E-state index in [-0.39, 0.29) is 5.91 Å². The molecule has 0 spiro atoms. The number of carbonyl (C=O) groups is 1. The number of nitrogens with one attached hydrogen (secondary N) is 1. The lowest BCUT2D eigenvalue weighted by Gasteiger charge is -2.16. The average Bonchev–Trinajstić information content (AvgIpc) is 2.82. The molecule has 1 aromatic heterocycles. The van der Waals surface area contributed by atoms with Crippen molar-refractivity contribution < 1.29 is 14.3 Å². The van der Waals surface area contributed by atoms with Crippen molar-refractivity contribution >= 4 is 5.91 Å². The Bertz CT molecular complexity index is 1250. The number of benzene rings is 3. The maximum Gasteiger partial charge on any atom is 0.251 e. The minimum absolute atomic E-state index is 0.156. The van der Waals surface area contributed by atoms with Crippen molar-refractivity contribution in [3.8, 4) is 34.1 Å². The van der Waals surface area contributed by atoms with Crippen molar-refractivity contribution in [1.29, 1.82) is 0 Å². The normalized spacial score (nSPS) is 10.5. The Morgan fingerprint density at radius 1 is 0.781 bits per heavy atom. The smallest absolute Gasteiger partial charge is 0.251 e. The maximum absolute atomic E-state index is 12.0. The molecule has 4 rings (SSSR count). The van der Waals surface area contributed by atoms with Gasteiger partial charge in [0.15, 0.2) is 0 Å². The summed E-state index contributed by atoms with van der Waals surface area (Å²) in [4.78, 5) is 16.0. The van der Waals surface area contributed by atoms with E-state index in [1.165, 1.54) is 0 Å². The molecule has 3 aromatic carbocycles. The average molecular weight is 425 g/mol. The van der Waals surface area contributed by atoms with E-state index < -0.39 is 0 Å². The van der Waals surface area contributed by atoms with E-state index in [0.29, 0.717) is 17.1 Å². The molecule has 0 radical (unpaired) electrons. The first-order chi connectivity index (χ1) is 15.5. The Morgan fingerprint density at radius 2 is 1.56 bits per heavy atom. The zero-order chi connectivity index (χ0) is 22.5. The van der Waals surface area contributed by atoms with Crippen molar-refractivity contribution in [2.24, 2.45) is 0 Å². The summed E-state index contributed by atoms with van der Waals surface area (Å²) in [7, 11) is 1.61. The number of aromatic nitrogens is 1. The van der Waals surface area contributed by atoms with Crippen LogP contribution in [0.2, 0.25) is 0 Å². The highest BCUT2D eigenvalue weighted by molar-refractivity contribution is 5.94. The molecule has 0 saturated carbocycles. The standard InChI is InChI=1S/C27H24N2O3/c1-18-7-10-26(32-22-6-4-5-20(16-22)27(30)28-3)25(15-18)24-17-23(9-8-19(24)2)31-21-11-13-29-14-12-21/h4-17H,1-3H3,(H,28,30). The highest BCUT2D eigenvalue weighted by Gasteiger charge is 2.13. The minimum Gasteiger partial charge on any atom is -0.457 e.